The molecule has 126 valence electrons. The topological polar surface area (TPSA) is 67.9 Å². The van der Waals surface area contributed by atoms with E-state index >= 15 is 0 Å². The van der Waals surface area contributed by atoms with Crippen molar-refractivity contribution in [2.75, 3.05) is 32.6 Å². The minimum atomic E-state index is -0.291. The van der Waals surface area contributed by atoms with Gasteiger partial charge in [0, 0.05) is 18.8 Å². The highest BCUT2D eigenvalue weighted by Gasteiger charge is 2.14. The lowest BCUT2D eigenvalue weighted by atomic mass is 10.3. The molecule has 6 heteroatoms. The number of hydrogen-bond donors (Lipinski definition) is 1. The largest absolute Gasteiger partial charge is 0.497 e. The van der Waals surface area contributed by atoms with Crippen LogP contribution in [0.5, 0.6) is 11.5 Å². The summed E-state index contributed by atoms with van der Waals surface area (Å²) in [6, 6.07) is 16.1. The van der Waals surface area contributed by atoms with Gasteiger partial charge in [-0.25, -0.2) is 0 Å². The van der Waals surface area contributed by atoms with E-state index in [1.54, 1.807) is 50.6 Å². The lowest BCUT2D eigenvalue weighted by Crippen LogP contribution is -2.37. The number of nitrogens with zero attached hydrogens (tertiary/aromatic N) is 1. The third-order valence-electron chi connectivity index (χ3n) is 3.27. The maximum Gasteiger partial charge on any atom is 0.260 e. The van der Waals surface area contributed by atoms with E-state index in [1.807, 2.05) is 18.2 Å². The highest BCUT2D eigenvalue weighted by molar-refractivity contribution is 5.94. The fraction of sp³-hybridized carbons (Fsp3) is 0.222. The summed E-state index contributed by atoms with van der Waals surface area (Å²) in [6.07, 6.45) is 0. The average Bonchev–Trinajstić information content (AvgIpc) is 2.60. The zero-order valence-corrected chi connectivity index (χ0v) is 13.7. The lowest BCUT2D eigenvalue weighted by molar-refractivity contribution is -0.135. The van der Waals surface area contributed by atoms with E-state index in [4.69, 9.17) is 9.47 Å². The molecular formula is C18H20N2O4. The first-order chi connectivity index (χ1) is 11.6. The van der Waals surface area contributed by atoms with Gasteiger partial charge in [-0.05, 0) is 24.3 Å². The summed E-state index contributed by atoms with van der Waals surface area (Å²) < 4.78 is 10.5. The predicted molar refractivity (Wildman–Crippen MR) is 91.2 cm³/mol. The number of hydrogen-bond acceptors (Lipinski definition) is 4. The van der Waals surface area contributed by atoms with Crippen molar-refractivity contribution in [2.45, 2.75) is 0 Å². The molecule has 24 heavy (non-hydrogen) atoms. The number of amides is 2. The molecule has 0 radical (unpaired) electrons. The number of carbonyl (C=O) groups excluding carboxylic acids is 2. The minimum absolute atomic E-state index is 0.0464. The van der Waals surface area contributed by atoms with Crippen LogP contribution in [0, 0.1) is 0 Å². The summed E-state index contributed by atoms with van der Waals surface area (Å²) in [6.45, 7) is -0.197. The Hall–Kier alpha value is -3.02. The van der Waals surface area contributed by atoms with Gasteiger partial charge in [0.05, 0.1) is 13.7 Å². The predicted octanol–water partition coefficient (Wildman–Crippen LogP) is 2.17. The molecule has 2 aromatic carbocycles. The highest BCUT2D eigenvalue weighted by atomic mass is 16.5. The standard InChI is InChI=1S/C18H20N2O4/c1-20(12-17(21)19-14-7-4-3-5-8-14)18(22)13-24-16-10-6-9-15(11-16)23-2/h3-11H,12-13H2,1-2H3,(H,19,21). The quantitative estimate of drug-likeness (QED) is 0.846. The van der Waals surface area contributed by atoms with Gasteiger partial charge in [-0.15, -0.1) is 0 Å². The van der Waals surface area contributed by atoms with Crippen molar-refractivity contribution in [2.24, 2.45) is 0 Å². The Kier molecular flexibility index (Phi) is 6.19. The number of likely N-dealkylation sites (N-methyl/N-ethyl adjacent to an activating group) is 1. The Bertz CT molecular complexity index is 688. The second-order valence-corrected chi connectivity index (χ2v) is 5.13. The van der Waals surface area contributed by atoms with Crippen LogP contribution in [-0.4, -0.2) is 44.0 Å². The summed E-state index contributed by atoms with van der Waals surface area (Å²) in [5, 5.41) is 2.73. The molecule has 0 atom stereocenters. The van der Waals surface area contributed by atoms with E-state index in [9.17, 15) is 9.59 Å². The van der Waals surface area contributed by atoms with Crippen molar-refractivity contribution in [1.82, 2.24) is 4.90 Å². The normalized spacial score (nSPS) is 9.92. The first-order valence-electron chi connectivity index (χ1n) is 7.44. The zero-order chi connectivity index (χ0) is 17.4. The summed E-state index contributed by atoms with van der Waals surface area (Å²) >= 11 is 0. The maximum absolute atomic E-state index is 12.0. The summed E-state index contributed by atoms with van der Waals surface area (Å²) in [5.41, 5.74) is 0.691. The van der Waals surface area contributed by atoms with Gasteiger partial charge in [0.1, 0.15) is 11.5 Å². The molecule has 0 unspecified atom stereocenters. The van der Waals surface area contributed by atoms with Gasteiger partial charge < -0.3 is 19.7 Å². The van der Waals surface area contributed by atoms with E-state index in [1.165, 1.54) is 4.90 Å². The molecule has 2 amide bonds. The van der Waals surface area contributed by atoms with E-state index < -0.39 is 0 Å². The van der Waals surface area contributed by atoms with Gasteiger partial charge in [-0.2, -0.15) is 0 Å². The van der Waals surface area contributed by atoms with Gasteiger partial charge in [-0.1, -0.05) is 24.3 Å². The van der Waals surface area contributed by atoms with Gasteiger partial charge in [0.25, 0.3) is 5.91 Å². The second kappa shape index (κ2) is 8.57. The Morgan fingerprint density at radius 3 is 2.46 bits per heavy atom. The zero-order valence-electron chi connectivity index (χ0n) is 13.7. The van der Waals surface area contributed by atoms with Crippen LogP contribution in [-0.2, 0) is 9.59 Å². The maximum atomic E-state index is 12.0. The number of anilines is 1. The first-order valence-corrected chi connectivity index (χ1v) is 7.44. The number of para-hydroxylation sites is 1. The number of carbonyl (C=O) groups is 2. The molecule has 6 nitrogen and oxygen atoms in total. The van der Waals surface area contributed by atoms with E-state index in [2.05, 4.69) is 5.32 Å². The molecule has 1 N–H and O–H groups in total. The Morgan fingerprint density at radius 2 is 1.75 bits per heavy atom. The molecule has 0 bridgehead atoms. The van der Waals surface area contributed by atoms with Gasteiger partial charge in [0.15, 0.2) is 6.61 Å². The van der Waals surface area contributed by atoms with Crippen LogP contribution in [0.15, 0.2) is 54.6 Å². The van der Waals surface area contributed by atoms with Crippen molar-refractivity contribution in [3.8, 4) is 11.5 Å². The molecule has 0 aliphatic rings. The van der Waals surface area contributed by atoms with Crippen LogP contribution in [0.4, 0.5) is 5.69 Å². The van der Waals surface area contributed by atoms with Crippen LogP contribution >= 0.6 is 0 Å². The molecule has 0 heterocycles. The molecular weight excluding hydrogens is 308 g/mol. The number of methoxy groups -OCH3 is 1. The van der Waals surface area contributed by atoms with Crippen LogP contribution in [0.2, 0.25) is 0 Å². The average molecular weight is 328 g/mol. The van der Waals surface area contributed by atoms with Crippen molar-refractivity contribution in [3.05, 3.63) is 54.6 Å². The van der Waals surface area contributed by atoms with Gasteiger partial charge >= 0.3 is 0 Å². The minimum Gasteiger partial charge on any atom is -0.497 e. The van der Waals surface area contributed by atoms with Crippen molar-refractivity contribution in [1.29, 1.82) is 0 Å². The number of rotatable bonds is 7. The van der Waals surface area contributed by atoms with Crippen LogP contribution < -0.4 is 14.8 Å². The molecule has 0 aliphatic carbocycles. The third-order valence-corrected chi connectivity index (χ3v) is 3.27. The molecule has 0 aromatic heterocycles. The van der Waals surface area contributed by atoms with E-state index in [-0.39, 0.29) is 25.0 Å². The number of nitrogens with one attached hydrogen (secondary N) is 1. The SMILES string of the molecule is COc1cccc(OCC(=O)N(C)CC(=O)Nc2ccccc2)c1. The van der Waals surface area contributed by atoms with Crippen molar-refractivity contribution >= 4 is 17.5 Å². The summed E-state index contributed by atoms with van der Waals surface area (Å²) in [7, 11) is 3.12. The molecule has 0 spiro atoms. The molecule has 0 saturated carbocycles. The lowest BCUT2D eigenvalue weighted by Gasteiger charge is -2.17. The second-order valence-electron chi connectivity index (χ2n) is 5.13. The first kappa shape index (κ1) is 17.3. The monoisotopic (exact) mass is 328 g/mol. The molecule has 0 saturated heterocycles. The smallest absolute Gasteiger partial charge is 0.260 e. The number of benzene rings is 2. The molecule has 0 fully saturated rings. The Balaban J connectivity index is 1.80. The van der Waals surface area contributed by atoms with Crippen molar-refractivity contribution < 1.29 is 19.1 Å². The van der Waals surface area contributed by atoms with Gasteiger partial charge in [0.2, 0.25) is 5.91 Å². The fourth-order valence-electron chi connectivity index (χ4n) is 1.97. The number of ether oxygens (including phenoxy) is 2. The molecule has 0 aliphatic heterocycles. The van der Waals surface area contributed by atoms with Crippen molar-refractivity contribution in [3.63, 3.8) is 0 Å². The van der Waals surface area contributed by atoms with Gasteiger partial charge in [-0.3, -0.25) is 9.59 Å². The summed E-state index contributed by atoms with van der Waals surface area (Å²) in [4.78, 5) is 25.3. The third kappa shape index (κ3) is 5.31. The molecule has 2 rings (SSSR count). The fourth-order valence-corrected chi connectivity index (χ4v) is 1.97. The van der Waals surface area contributed by atoms with Crippen LogP contribution in [0.3, 0.4) is 0 Å². The van der Waals surface area contributed by atoms with E-state index in [0.717, 1.165) is 0 Å². The highest BCUT2D eigenvalue weighted by Crippen LogP contribution is 2.18. The van der Waals surface area contributed by atoms with E-state index in [0.29, 0.717) is 17.2 Å². The van der Waals surface area contributed by atoms with Crippen LogP contribution in [0.1, 0.15) is 0 Å². The summed E-state index contributed by atoms with van der Waals surface area (Å²) in [5.74, 6) is 0.625. The molecule has 2 aromatic rings. The Labute approximate surface area is 141 Å². The van der Waals surface area contributed by atoms with Crippen LogP contribution in [0.25, 0.3) is 0 Å². The Morgan fingerprint density at radius 1 is 1.04 bits per heavy atom.